The molecule has 1 aromatic rings. The standard InChI is InChI=1S/C11H17N3.C2H6/c1-10(11-4-2-3-5-13-11)14-8-6-12-7-9-14;1-2/h2-5,10,12H,6-9H2,1H3;1-2H3. The van der Waals surface area contributed by atoms with Crippen LogP contribution in [0.1, 0.15) is 32.5 Å². The SMILES string of the molecule is CC.CC(c1ccccn1)N1CCNCC1. The molecular formula is C13H23N3. The van der Waals surface area contributed by atoms with Crippen LogP contribution in [0, 0.1) is 0 Å². The van der Waals surface area contributed by atoms with Gasteiger partial charge >= 0.3 is 0 Å². The van der Waals surface area contributed by atoms with Crippen LogP contribution in [0.15, 0.2) is 24.4 Å². The topological polar surface area (TPSA) is 28.2 Å². The summed E-state index contributed by atoms with van der Waals surface area (Å²) in [6.07, 6.45) is 1.87. The number of hydrogen-bond donors (Lipinski definition) is 1. The Morgan fingerprint density at radius 2 is 1.94 bits per heavy atom. The third kappa shape index (κ3) is 3.58. The van der Waals surface area contributed by atoms with E-state index in [1.807, 2.05) is 26.1 Å². The summed E-state index contributed by atoms with van der Waals surface area (Å²) >= 11 is 0. The van der Waals surface area contributed by atoms with Crippen LogP contribution in [0.4, 0.5) is 0 Å². The van der Waals surface area contributed by atoms with Crippen LogP contribution in [-0.2, 0) is 0 Å². The van der Waals surface area contributed by atoms with Crippen molar-refractivity contribution in [2.75, 3.05) is 26.2 Å². The van der Waals surface area contributed by atoms with Crippen molar-refractivity contribution in [3.05, 3.63) is 30.1 Å². The Bertz CT molecular complexity index is 268. The van der Waals surface area contributed by atoms with Crippen LogP contribution in [0.5, 0.6) is 0 Å². The van der Waals surface area contributed by atoms with E-state index in [2.05, 4.69) is 34.3 Å². The van der Waals surface area contributed by atoms with Gasteiger partial charge in [-0.2, -0.15) is 0 Å². The molecule has 1 aromatic heterocycles. The summed E-state index contributed by atoms with van der Waals surface area (Å²) in [4.78, 5) is 6.86. The van der Waals surface area contributed by atoms with Crippen LogP contribution >= 0.6 is 0 Å². The van der Waals surface area contributed by atoms with Crippen LogP contribution in [0.2, 0.25) is 0 Å². The first-order valence-corrected chi connectivity index (χ1v) is 6.23. The molecule has 0 saturated carbocycles. The van der Waals surface area contributed by atoms with Crippen LogP contribution in [0.25, 0.3) is 0 Å². The van der Waals surface area contributed by atoms with Gasteiger partial charge in [-0.05, 0) is 19.1 Å². The molecule has 1 aliphatic rings. The lowest BCUT2D eigenvalue weighted by molar-refractivity contribution is 0.182. The first-order chi connectivity index (χ1) is 7.88. The molecule has 1 N–H and O–H groups in total. The van der Waals surface area contributed by atoms with E-state index in [4.69, 9.17) is 0 Å². The maximum atomic E-state index is 4.39. The minimum Gasteiger partial charge on any atom is -0.314 e. The van der Waals surface area contributed by atoms with Crippen molar-refractivity contribution in [3.63, 3.8) is 0 Å². The first-order valence-electron chi connectivity index (χ1n) is 6.23. The Labute approximate surface area is 98.9 Å². The fourth-order valence-electron chi connectivity index (χ4n) is 1.88. The highest BCUT2D eigenvalue weighted by Gasteiger charge is 2.17. The lowest BCUT2D eigenvalue weighted by Crippen LogP contribution is -2.44. The number of nitrogens with one attached hydrogen (secondary N) is 1. The molecular weight excluding hydrogens is 198 g/mol. The Balaban J connectivity index is 0.000000606. The van der Waals surface area contributed by atoms with E-state index in [0.29, 0.717) is 6.04 Å². The second-order valence-corrected chi connectivity index (χ2v) is 3.72. The lowest BCUT2D eigenvalue weighted by Gasteiger charge is -2.32. The van der Waals surface area contributed by atoms with Gasteiger partial charge in [0.15, 0.2) is 0 Å². The zero-order valence-corrected chi connectivity index (χ0v) is 10.6. The van der Waals surface area contributed by atoms with Gasteiger partial charge in [-0.25, -0.2) is 0 Å². The van der Waals surface area contributed by atoms with Crippen LogP contribution in [0.3, 0.4) is 0 Å². The summed E-state index contributed by atoms with van der Waals surface area (Å²) in [5.41, 5.74) is 1.18. The number of nitrogens with zero attached hydrogens (tertiary/aromatic N) is 2. The summed E-state index contributed by atoms with van der Waals surface area (Å²) in [5.74, 6) is 0. The van der Waals surface area contributed by atoms with E-state index in [1.165, 1.54) is 5.69 Å². The molecule has 0 bridgehead atoms. The summed E-state index contributed by atoms with van der Waals surface area (Å²) in [5, 5.41) is 3.36. The van der Waals surface area contributed by atoms with Gasteiger partial charge in [0, 0.05) is 38.4 Å². The minimum atomic E-state index is 0.443. The molecule has 2 rings (SSSR count). The average molecular weight is 221 g/mol. The maximum absolute atomic E-state index is 4.39. The van der Waals surface area contributed by atoms with Gasteiger partial charge in [-0.1, -0.05) is 19.9 Å². The summed E-state index contributed by atoms with van der Waals surface area (Å²) < 4.78 is 0. The third-order valence-corrected chi connectivity index (χ3v) is 2.82. The van der Waals surface area contributed by atoms with E-state index < -0.39 is 0 Å². The maximum Gasteiger partial charge on any atom is 0.0572 e. The zero-order chi connectivity index (χ0) is 11.8. The smallest absolute Gasteiger partial charge is 0.0572 e. The molecule has 0 amide bonds. The van der Waals surface area contributed by atoms with Gasteiger partial charge in [0.25, 0.3) is 0 Å². The van der Waals surface area contributed by atoms with Gasteiger partial charge in [0.2, 0.25) is 0 Å². The molecule has 0 radical (unpaired) electrons. The number of rotatable bonds is 2. The molecule has 90 valence electrons. The molecule has 0 aromatic carbocycles. The summed E-state index contributed by atoms with van der Waals surface area (Å²) in [7, 11) is 0. The fourth-order valence-corrected chi connectivity index (χ4v) is 1.88. The van der Waals surface area contributed by atoms with Gasteiger partial charge in [0.1, 0.15) is 0 Å². The second-order valence-electron chi connectivity index (χ2n) is 3.72. The largest absolute Gasteiger partial charge is 0.314 e. The molecule has 1 atom stereocenters. The van der Waals surface area contributed by atoms with Gasteiger partial charge < -0.3 is 5.32 Å². The van der Waals surface area contributed by atoms with Crippen molar-refractivity contribution in [1.82, 2.24) is 15.2 Å². The third-order valence-electron chi connectivity index (χ3n) is 2.82. The molecule has 3 heteroatoms. The van der Waals surface area contributed by atoms with Crippen molar-refractivity contribution in [1.29, 1.82) is 0 Å². The Kier molecular flexibility index (Phi) is 6.04. The minimum absolute atomic E-state index is 0.443. The predicted molar refractivity (Wildman–Crippen MR) is 68.4 cm³/mol. The Hall–Kier alpha value is -0.930. The predicted octanol–water partition coefficient (Wildman–Crippen LogP) is 2.07. The Morgan fingerprint density at radius 1 is 1.25 bits per heavy atom. The van der Waals surface area contributed by atoms with Crippen LogP contribution < -0.4 is 5.32 Å². The van der Waals surface area contributed by atoms with E-state index in [1.54, 1.807) is 0 Å². The monoisotopic (exact) mass is 221 g/mol. The molecule has 1 fully saturated rings. The van der Waals surface area contributed by atoms with Gasteiger partial charge in [-0.3, -0.25) is 9.88 Å². The second kappa shape index (κ2) is 7.36. The number of pyridine rings is 1. The van der Waals surface area contributed by atoms with Crippen molar-refractivity contribution in [3.8, 4) is 0 Å². The molecule has 3 nitrogen and oxygen atoms in total. The normalized spacial score (nSPS) is 18.4. The molecule has 16 heavy (non-hydrogen) atoms. The van der Waals surface area contributed by atoms with Gasteiger partial charge in [0.05, 0.1) is 5.69 Å². The highest BCUT2D eigenvalue weighted by Crippen LogP contribution is 2.17. The zero-order valence-electron chi connectivity index (χ0n) is 10.6. The summed E-state index contributed by atoms with van der Waals surface area (Å²) in [6, 6.07) is 6.57. The van der Waals surface area contributed by atoms with E-state index in [0.717, 1.165) is 26.2 Å². The van der Waals surface area contributed by atoms with Crippen molar-refractivity contribution in [2.45, 2.75) is 26.8 Å². The number of aromatic nitrogens is 1. The lowest BCUT2D eigenvalue weighted by atomic mass is 10.1. The Morgan fingerprint density at radius 3 is 2.50 bits per heavy atom. The quantitative estimate of drug-likeness (QED) is 0.828. The number of hydrogen-bond acceptors (Lipinski definition) is 3. The molecule has 1 saturated heterocycles. The van der Waals surface area contributed by atoms with Crippen molar-refractivity contribution >= 4 is 0 Å². The average Bonchev–Trinajstić information content (AvgIpc) is 2.42. The highest BCUT2D eigenvalue weighted by molar-refractivity contribution is 5.08. The van der Waals surface area contributed by atoms with E-state index >= 15 is 0 Å². The van der Waals surface area contributed by atoms with Crippen molar-refractivity contribution < 1.29 is 0 Å². The highest BCUT2D eigenvalue weighted by atomic mass is 15.2. The molecule has 2 heterocycles. The van der Waals surface area contributed by atoms with Crippen LogP contribution in [-0.4, -0.2) is 36.1 Å². The molecule has 1 unspecified atom stereocenters. The molecule has 1 aliphatic heterocycles. The van der Waals surface area contributed by atoms with E-state index in [-0.39, 0.29) is 0 Å². The first kappa shape index (κ1) is 13.1. The van der Waals surface area contributed by atoms with Gasteiger partial charge in [-0.15, -0.1) is 0 Å². The van der Waals surface area contributed by atoms with Crippen molar-refractivity contribution in [2.24, 2.45) is 0 Å². The summed E-state index contributed by atoms with van der Waals surface area (Å²) in [6.45, 7) is 10.7. The number of piperazine rings is 1. The van der Waals surface area contributed by atoms with E-state index in [9.17, 15) is 0 Å². The molecule has 0 aliphatic carbocycles. The fraction of sp³-hybridized carbons (Fsp3) is 0.615. The molecule has 0 spiro atoms.